The van der Waals surface area contributed by atoms with Crippen LogP contribution in [0.2, 0.25) is 0 Å². The third-order valence-electron chi connectivity index (χ3n) is 8.14. The Morgan fingerprint density at radius 2 is 1.26 bits per heavy atom. The number of carbonyl (C=O) groups is 2. The van der Waals surface area contributed by atoms with Crippen LogP contribution in [0.15, 0.2) is 60.9 Å². The van der Waals surface area contributed by atoms with E-state index in [2.05, 4.69) is 15.0 Å². The zero-order chi connectivity index (χ0) is 33.3. The standard InChI is InChI=1S/C36H44N6O5/c1-35(2,3)46-33(43)41-19-7-9-29(41)31-37-21-27(39-31)23-11-15-25(16-12-23)45-26-17-13-24(14-18-26)28-22-38-32(40-28)30-10-8-20-42(30)34(44)47-36(4,5)6/h11-18,21-22,29-30H,7-10,19-20H2,1-6H3,(H,37,39)(H,38,40). The molecule has 2 aliphatic rings. The fraction of sp³-hybridized carbons (Fsp3) is 0.444. The highest BCUT2D eigenvalue weighted by atomic mass is 16.6. The largest absolute Gasteiger partial charge is 0.457 e. The zero-order valence-corrected chi connectivity index (χ0v) is 28.0. The summed E-state index contributed by atoms with van der Waals surface area (Å²) in [5.74, 6) is 2.93. The summed E-state index contributed by atoms with van der Waals surface area (Å²) in [5, 5.41) is 0. The molecule has 2 unspecified atom stereocenters. The minimum absolute atomic E-state index is 0.132. The first-order chi connectivity index (χ1) is 22.3. The summed E-state index contributed by atoms with van der Waals surface area (Å²) in [4.78, 5) is 45.1. The molecule has 4 heterocycles. The lowest BCUT2D eigenvalue weighted by Crippen LogP contribution is -2.36. The van der Waals surface area contributed by atoms with Gasteiger partial charge in [0, 0.05) is 24.8 Å². The smallest absolute Gasteiger partial charge is 0.410 e. The molecule has 248 valence electrons. The number of amides is 2. The van der Waals surface area contributed by atoms with Gasteiger partial charge in [-0.1, -0.05) is 0 Å². The summed E-state index contributed by atoms with van der Waals surface area (Å²) in [6.07, 6.45) is 6.56. The summed E-state index contributed by atoms with van der Waals surface area (Å²) < 4.78 is 17.3. The van der Waals surface area contributed by atoms with E-state index in [9.17, 15) is 9.59 Å². The molecule has 0 saturated carbocycles. The predicted octanol–water partition coefficient (Wildman–Crippen LogP) is 8.40. The quantitative estimate of drug-likeness (QED) is 0.217. The second-order valence-corrected chi connectivity index (χ2v) is 14.2. The average Bonchev–Trinajstić information content (AvgIpc) is 3.82. The molecule has 4 aromatic rings. The van der Waals surface area contributed by atoms with Crippen LogP contribution in [-0.4, -0.2) is 66.2 Å². The molecule has 2 aromatic heterocycles. The van der Waals surface area contributed by atoms with Crippen molar-refractivity contribution in [2.75, 3.05) is 13.1 Å². The van der Waals surface area contributed by atoms with Gasteiger partial charge in [-0.05, 0) is 121 Å². The van der Waals surface area contributed by atoms with Crippen LogP contribution in [0.3, 0.4) is 0 Å². The van der Waals surface area contributed by atoms with Gasteiger partial charge in [-0.25, -0.2) is 19.6 Å². The minimum atomic E-state index is -0.544. The van der Waals surface area contributed by atoms with Gasteiger partial charge in [-0.2, -0.15) is 0 Å². The van der Waals surface area contributed by atoms with Crippen molar-refractivity contribution in [3.63, 3.8) is 0 Å². The molecule has 6 rings (SSSR count). The minimum Gasteiger partial charge on any atom is -0.457 e. The van der Waals surface area contributed by atoms with E-state index in [0.717, 1.165) is 59.8 Å². The van der Waals surface area contributed by atoms with E-state index in [0.29, 0.717) is 24.6 Å². The highest BCUT2D eigenvalue weighted by Crippen LogP contribution is 2.35. The molecule has 2 aliphatic heterocycles. The molecular weight excluding hydrogens is 596 g/mol. The number of hydrogen-bond acceptors (Lipinski definition) is 7. The summed E-state index contributed by atoms with van der Waals surface area (Å²) in [6, 6.07) is 15.3. The molecule has 0 aliphatic carbocycles. The number of benzene rings is 2. The van der Waals surface area contributed by atoms with Crippen LogP contribution < -0.4 is 4.74 Å². The third kappa shape index (κ3) is 7.61. The maximum Gasteiger partial charge on any atom is 0.410 e. The van der Waals surface area contributed by atoms with Gasteiger partial charge < -0.3 is 24.2 Å². The summed E-state index contributed by atoms with van der Waals surface area (Å²) in [5.41, 5.74) is 2.50. The summed E-state index contributed by atoms with van der Waals surface area (Å²) >= 11 is 0. The fourth-order valence-corrected chi connectivity index (χ4v) is 6.02. The SMILES string of the molecule is CC(C)(C)OC(=O)N1CCCC1c1nc(-c2ccc(Oc3ccc(-c4cnc(C5CCCN5C(=O)OC(C)(C)C)[nH]4)cc3)cc2)c[nH]1. The molecule has 2 aromatic carbocycles. The van der Waals surface area contributed by atoms with Gasteiger partial charge in [0.1, 0.15) is 34.3 Å². The first-order valence-electron chi connectivity index (χ1n) is 16.3. The molecule has 0 bridgehead atoms. The van der Waals surface area contributed by atoms with E-state index in [1.54, 1.807) is 16.0 Å². The zero-order valence-electron chi connectivity index (χ0n) is 28.0. The Morgan fingerprint density at radius 3 is 1.79 bits per heavy atom. The van der Waals surface area contributed by atoms with E-state index in [4.69, 9.17) is 19.2 Å². The van der Waals surface area contributed by atoms with Crippen molar-refractivity contribution in [1.82, 2.24) is 29.7 Å². The Morgan fingerprint density at radius 1 is 0.745 bits per heavy atom. The normalized spacial score (nSPS) is 18.4. The lowest BCUT2D eigenvalue weighted by Gasteiger charge is -2.27. The number of imidazole rings is 2. The number of aromatic nitrogens is 4. The van der Waals surface area contributed by atoms with Crippen LogP contribution >= 0.6 is 0 Å². The van der Waals surface area contributed by atoms with E-state index >= 15 is 0 Å². The molecular formula is C36H44N6O5. The molecule has 2 fully saturated rings. The number of nitrogens with one attached hydrogen (secondary N) is 2. The highest BCUT2D eigenvalue weighted by molar-refractivity contribution is 5.70. The van der Waals surface area contributed by atoms with Crippen molar-refractivity contribution in [2.24, 2.45) is 0 Å². The highest BCUT2D eigenvalue weighted by Gasteiger charge is 2.36. The Kier molecular flexibility index (Phi) is 8.74. The molecule has 11 nitrogen and oxygen atoms in total. The van der Waals surface area contributed by atoms with Gasteiger partial charge in [-0.3, -0.25) is 9.80 Å². The van der Waals surface area contributed by atoms with Crippen LogP contribution in [0, 0.1) is 0 Å². The topological polar surface area (TPSA) is 126 Å². The van der Waals surface area contributed by atoms with E-state index in [1.165, 1.54) is 0 Å². The molecule has 0 radical (unpaired) electrons. The Labute approximate surface area is 275 Å². The Balaban J connectivity index is 1.07. The first kappa shape index (κ1) is 32.2. The Hall–Kier alpha value is -4.80. The van der Waals surface area contributed by atoms with Crippen molar-refractivity contribution in [1.29, 1.82) is 0 Å². The fourth-order valence-electron chi connectivity index (χ4n) is 6.02. The number of nitrogens with zero attached hydrogens (tertiary/aromatic N) is 4. The molecule has 0 spiro atoms. The number of H-pyrrole nitrogens is 2. The van der Waals surface area contributed by atoms with Crippen LogP contribution in [-0.2, 0) is 9.47 Å². The van der Waals surface area contributed by atoms with Crippen LogP contribution in [0.4, 0.5) is 9.59 Å². The van der Waals surface area contributed by atoms with Gasteiger partial charge in [0.2, 0.25) is 0 Å². The number of carbonyl (C=O) groups excluding carboxylic acids is 2. The number of hydrogen-bond donors (Lipinski definition) is 2. The number of ether oxygens (including phenoxy) is 3. The molecule has 2 atom stereocenters. The van der Waals surface area contributed by atoms with Gasteiger partial charge in [0.05, 0.1) is 29.7 Å². The van der Waals surface area contributed by atoms with Gasteiger partial charge in [0.25, 0.3) is 0 Å². The van der Waals surface area contributed by atoms with Crippen molar-refractivity contribution >= 4 is 12.2 Å². The van der Waals surface area contributed by atoms with Crippen molar-refractivity contribution in [3.05, 3.63) is 72.6 Å². The van der Waals surface area contributed by atoms with Crippen molar-refractivity contribution in [3.8, 4) is 34.0 Å². The van der Waals surface area contributed by atoms with Gasteiger partial charge in [0.15, 0.2) is 0 Å². The van der Waals surface area contributed by atoms with Crippen molar-refractivity contribution < 1.29 is 23.8 Å². The molecule has 2 N–H and O–H groups in total. The van der Waals surface area contributed by atoms with E-state index in [1.807, 2.05) is 96.3 Å². The molecule has 47 heavy (non-hydrogen) atoms. The van der Waals surface area contributed by atoms with Gasteiger partial charge >= 0.3 is 12.2 Å². The molecule has 2 saturated heterocycles. The third-order valence-corrected chi connectivity index (χ3v) is 8.14. The monoisotopic (exact) mass is 640 g/mol. The second-order valence-electron chi connectivity index (χ2n) is 14.2. The Bertz CT molecular complexity index is 1570. The van der Waals surface area contributed by atoms with Crippen LogP contribution in [0.1, 0.15) is 91.0 Å². The predicted molar refractivity (Wildman–Crippen MR) is 178 cm³/mol. The summed E-state index contributed by atoms with van der Waals surface area (Å²) in [6.45, 7) is 12.6. The molecule has 11 heteroatoms. The van der Waals surface area contributed by atoms with E-state index in [-0.39, 0.29) is 24.3 Å². The number of rotatable bonds is 6. The van der Waals surface area contributed by atoms with E-state index < -0.39 is 11.2 Å². The van der Waals surface area contributed by atoms with Crippen molar-refractivity contribution in [2.45, 2.75) is 90.5 Å². The lowest BCUT2D eigenvalue weighted by atomic mass is 10.1. The molecule has 2 amide bonds. The first-order valence-corrected chi connectivity index (χ1v) is 16.3. The second kappa shape index (κ2) is 12.8. The van der Waals surface area contributed by atoms with Gasteiger partial charge in [-0.15, -0.1) is 0 Å². The van der Waals surface area contributed by atoms with Crippen LogP contribution in [0.5, 0.6) is 11.5 Å². The maximum absolute atomic E-state index is 12.7. The number of likely N-dealkylation sites (tertiary alicyclic amines) is 2. The maximum atomic E-state index is 12.7. The lowest BCUT2D eigenvalue weighted by molar-refractivity contribution is 0.0208. The number of aromatic amines is 2. The summed E-state index contributed by atoms with van der Waals surface area (Å²) in [7, 11) is 0. The average molecular weight is 641 g/mol. The van der Waals surface area contributed by atoms with Crippen LogP contribution in [0.25, 0.3) is 22.5 Å².